The third-order valence-electron chi connectivity index (χ3n) is 3.67. The fraction of sp³-hybridized carbons (Fsp3) is 0.333. The van der Waals surface area contributed by atoms with E-state index in [0.717, 1.165) is 12.1 Å². The fourth-order valence-electron chi connectivity index (χ4n) is 2.74. The first-order chi connectivity index (χ1) is 9.70. The van der Waals surface area contributed by atoms with Crippen molar-refractivity contribution in [2.45, 2.75) is 25.9 Å². The van der Waals surface area contributed by atoms with Gasteiger partial charge in [-0.3, -0.25) is 4.79 Å². The number of nitrogens with zero attached hydrogens (tertiary/aromatic N) is 3. The Morgan fingerprint density at radius 1 is 1.45 bits per heavy atom. The molecule has 1 aromatic carbocycles. The van der Waals surface area contributed by atoms with Gasteiger partial charge in [0, 0.05) is 31.0 Å². The number of nitrogens with two attached hydrogens (primary N) is 1. The number of rotatable bonds is 3. The van der Waals surface area contributed by atoms with E-state index in [0.29, 0.717) is 18.8 Å². The van der Waals surface area contributed by atoms with E-state index in [2.05, 4.69) is 18.0 Å². The van der Waals surface area contributed by atoms with Gasteiger partial charge in [-0.1, -0.05) is 18.2 Å². The normalized spacial score (nSPS) is 17.3. The Morgan fingerprint density at radius 3 is 3.05 bits per heavy atom. The minimum absolute atomic E-state index is 0.0433. The Labute approximate surface area is 118 Å². The zero-order valence-corrected chi connectivity index (χ0v) is 11.5. The van der Waals surface area contributed by atoms with Crippen molar-refractivity contribution in [1.29, 1.82) is 0 Å². The summed E-state index contributed by atoms with van der Waals surface area (Å²) in [7, 11) is 0. The van der Waals surface area contributed by atoms with Gasteiger partial charge in [-0.2, -0.15) is 0 Å². The number of carbonyl (C=O) groups excluding carboxylic acids is 1. The molecule has 3 rings (SSSR count). The molecular weight excluding hydrogens is 252 g/mol. The molecular formula is C15H18N4O. The van der Waals surface area contributed by atoms with Crippen LogP contribution in [0, 0.1) is 0 Å². The second-order valence-corrected chi connectivity index (χ2v) is 5.14. The Balaban J connectivity index is 1.90. The predicted molar refractivity (Wildman–Crippen MR) is 77.7 cm³/mol. The van der Waals surface area contributed by atoms with Crippen molar-refractivity contribution in [1.82, 2.24) is 9.55 Å². The van der Waals surface area contributed by atoms with Crippen molar-refractivity contribution < 1.29 is 4.79 Å². The summed E-state index contributed by atoms with van der Waals surface area (Å²) < 4.78 is 1.85. The number of fused-ring (bicyclic) bond motifs is 1. The van der Waals surface area contributed by atoms with E-state index in [1.54, 1.807) is 12.5 Å². The number of aromatic nitrogens is 2. The quantitative estimate of drug-likeness (QED) is 0.917. The second kappa shape index (κ2) is 5.09. The topological polar surface area (TPSA) is 64.2 Å². The predicted octanol–water partition coefficient (Wildman–Crippen LogP) is 1.43. The molecule has 0 bridgehead atoms. The van der Waals surface area contributed by atoms with Crippen LogP contribution in [0.15, 0.2) is 36.8 Å². The molecule has 0 spiro atoms. The molecule has 5 heteroatoms. The van der Waals surface area contributed by atoms with Gasteiger partial charge in [0.25, 0.3) is 5.91 Å². The summed E-state index contributed by atoms with van der Waals surface area (Å²) in [5.41, 5.74) is 8.20. The Morgan fingerprint density at radius 2 is 2.25 bits per heavy atom. The largest absolute Gasteiger partial charge is 0.335 e. The second-order valence-electron chi connectivity index (χ2n) is 5.14. The van der Waals surface area contributed by atoms with Gasteiger partial charge in [-0.15, -0.1) is 0 Å². The molecule has 1 aliphatic heterocycles. The van der Waals surface area contributed by atoms with E-state index in [4.69, 9.17) is 5.73 Å². The summed E-state index contributed by atoms with van der Waals surface area (Å²) in [4.78, 5) is 18.7. The van der Waals surface area contributed by atoms with E-state index in [1.807, 2.05) is 27.7 Å². The summed E-state index contributed by atoms with van der Waals surface area (Å²) in [6, 6.07) is 8.21. The maximum absolute atomic E-state index is 12.7. The zero-order valence-electron chi connectivity index (χ0n) is 11.5. The molecule has 0 saturated heterocycles. The molecule has 2 N–H and O–H groups in total. The molecule has 0 radical (unpaired) electrons. The summed E-state index contributed by atoms with van der Waals surface area (Å²) in [5.74, 6) is -0.0433. The molecule has 1 aliphatic rings. The lowest BCUT2D eigenvalue weighted by atomic mass is 10.1. The summed E-state index contributed by atoms with van der Waals surface area (Å²) >= 11 is 0. The lowest BCUT2D eigenvalue weighted by Gasteiger charge is -2.21. The van der Waals surface area contributed by atoms with Crippen molar-refractivity contribution >= 4 is 11.6 Å². The smallest absolute Gasteiger partial charge is 0.278 e. The van der Waals surface area contributed by atoms with Crippen LogP contribution in [-0.4, -0.2) is 28.0 Å². The molecule has 2 heterocycles. The minimum Gasteiger partial charge on any atom is -0.335 e. The van der Waals surface area contributed by atoms with Crippen LogP contribution in [0.4, 0.5) is 5.69 Å². The van der Waals surface area contributed by atoms with Gasteiger partial charge in [0.1, 0.15) is 5.69 Å². The first-order valence-electron chi connectivity index (χ1n) is 6.84. The van der Waals surface area contributed by atoms with E-state index in [1.165, 1.54) is 5.56 Å². The SMILES string of the molecule is CC1Cc2ccccc2N1C(=O)c1cn(CCN)cn1. The van der Waals surface area contributed by atoms with Crippen LogP contribution < -0.4 is 10.6 Å². The van der Waals surface area contributed by atoms with Crippen molar-refractivity contribution in [3.63, 3.8) is 0 Å². The highest BCUT2D eigenvalue weighted by Crippen LogP contribution is 2.32. The Bertz CT molecular complexity index is 634. The first kappa shape index (κ1) is 12.9. The van der Waals surface area contributed by atoms with Gasteiger partial charge in [0.15, 0.2) is 0 Å². The van der Waals surface area contributed by atoms with Crippen LogP contribution in [-0.2, 0) is 13.0 Å². The van der Waals surface area contributed by atoms with Crippen LogP contribution >= 0.6 is 0 Å². The Kier molecular flexibility index (Phi) is 3.28. The molecule has 1 unspecified atom stereocenters. The molecule has 5 nitrogen and oxygen atoms in total. The number of para-hydroxylation sites is 1. The highest BCUT2D eigenvalue weighted by molar-refractivity contribution is 6.06. The van der Waals surface area contributed by atoms with Gasteiger partial charge in [-0.05, 0) is 25.0 Å². The van der Waals surface area contributed by atoms with Crippen LogP contribution in [0.5, 0.6) is 0 Å². The standard InChI is InChI=1S/C15H18N4O/c1-11-8-12-4-2-3-5-14(12)19(11)15(20)13-9-18(7-6-16)10-17-13/h2-5,9-11H,6-8,16H2,1H3. The van der Waals surface area contributed by atoms with Crippen molar-refractivity contribution in [2.75, 3.05) is 11.4 Å². The minimum atomic E-state index is -0.0433. The number of imidazole rings is 1. The summed E-state index contributed by atoms with van der Waals surface area (Å²) in [5, 5.41) is 0. The average molecular weight is 270 g/mol. The van der Waals surface area contributed by atoms with Crippen LogP contribution in [0.2, 0.25) is 0 Å². The number of carbonyl (C=O) groups is 1. The monoisotopic (exact) mass is 270 g/mol. The van der Waals surface area contributed by atoms with Crippen molar-refractivity contribution in [3.05, 3.63) is 48.0 Å². The van der Waals surface area contributed by atoms with E-state index in [9.17, 15) is 4.79 Å². The van der Waals surface area contributed by atoms with Gasteiger partial charge < -0.3 is 15.2 Å². The molecule has 104 valence electrons. The molecule has 1 amide bonds. The van der Waals surface area contributed by atoms with Crippen LogP contribution in [0.1, 0.15) is 23.0 Å². The van der Waals surface area contributed by atoms with E-state index < -0.39 is 0 Å². The maximum Gasteiger partial charge on any atom is 0.278 e. The van der Waals surface area contributed by atoms with Gasteiger partial charge >= 0.3 is 0 Å². The van der Waals surface area contributed by atoms with E-state index in [-0.39, 0.29) is 11.9 Å². The molecule has 2 aromatic rings. The van der Waals surface area contributed by atoms with Crippen LogP contribution in [0.3, 0.4) is 0 Å². The number of hydrogen-bond acceptors (Lipinski definition) is 3. The Hall–Kier alpha value is -2.14. The highest BCUT2D eigenvalue weighted by atomic mass is 16.2. The summed E-state index contributed by atoms with van der Waals surface area (Å²) in [6.07, 6.45) is 4.32. The van der Waals surface area contributed by atoms with Crippen molar-refractivity contribution in [3.8, 4) is 0 Å². The number of amides is 1. The zero-order chi connectivity index (χ0) is 14.1. The molecule has 1 atom stereocenters. The van der Waals surface area contributed by atoms with E-state index >= 15 is 0 Å². The maximum atomic E-state index is 12.7. The molecule has 1 aromatic heterocycles. The third kappa shape index (κ3) is 2.10. The average Bonchev–Trinajstić information content (AvgIpc) is 3.02. The van der Waals surface area contributed by atoms with Crippen molar-refractivity contribution in [2.24, 2.45) is 5.73 Å². The number of hydrogen-bond donors (Lipinski definition) is 1. The molecule has 0 aliphatic carbocycles. The van der Waals surface area contributed by atoms with Gasteiger partial charge in [0.2, 0.25) is 0 Å². The number of benzene rings is 1. The molecule has 0 fully saturated rings. The van der Waals surface area contributed by atoms with Gasteiger partial charge in [-0.25, -0.2) is 4.98 Å². The first-order valence-corrected chi connectivity index (χ1v) is 6.84. The fourth-order valence-corrected chi connectivity index (χ4v) is 2.74. The van der Waals surface area contributed by atoms with Crippen LogP contribution in [0.25, 0.3) is 0 Å². The highest BCUT2D eigenvalue weighted by Gasteiger charge is 2.32. The summed E-state index contributed by atoms with van der Waals surface area (Å²) in [6.45, 7) is 3.27. The number of anilines is 1. The lowest BCUT2D eigenvalue weighted by molar-refractivity contribution is 0.0977. The third-order valence-corrected chi connectivity index (χ3v) is 3.67. The van der Waals surface area contributed by atoms with Gasteiger partial charge in [0.05, 0.1) is 6.33 Å². The lowest BCUT2D eigenvalue weighted by Crippen LogP contribution is -2.35. The molecule has 20 heavy (non-hydrogen) atoms. The molecule has 0 saturated carbocycles.